The first-order valence-electron chi connectivity index (χ1n) is 12.9. The van der Waals surface area contributed by atoms with Gasteiger partial charge in [0.2, 0.25) is 5.91 Å². The van der Waals surface area contributed by atoms with E-state index < -0.39 is 5.82 Å². The largest absolute Gasteiger partial charge is 0.508 e. The lowest BCUT2D eigenvalue weighted by Gasteiger charge is -2.18. The predicted molar refractivity (Wildman–Crippen MR) is 148 cm³/mol. The Morgan fingerprint density at radius 3 is 2.67 bits per heavy atom. The van der Waals surface area contributed by atoms with Gasteiger partial charge in [-0.2, -0.15) is 0 Å². The summed E-state index contributed by atoms with van der Waals surface area (Å²) in [4.78, 5) is 17.6. The van der Waals surface area contributed by atoms with Gasteiger partial charge in [0.05, 0.1) is 11.9 Å². The Balaban J connectivity index is 1.58. The minimum absolute atomic E-state index is 0.0403. The van der Waals surface area contributed by atoms with E-state index in [0.717, 1.165) is 46.2 Å². The Hall–Kier alpha value is -4.04. The Morgan fingerprint density at radius 1 is 1.13 bits per heavy atom. The third-order valence-electron chi connectivity index (χ3n) is 6.62. The predicted octanol–water partition coefficient (Wildman–Crippen LogP) is 5.28. The highest BCUT2D eigenvalue weighted by Crippen LogP contribution is 2.41. The van der Waals surface area contributed by atoms with Gasteiger partial charge >= 0.3 is 0 Å². The summed E-state index contributed by atoms with van der Waals surface area (Å²) in [5, 5.41) is 13.2. The maximum Gasteiger partial charge on any atom is 0.245 e. The molecule has 39 heavy (non-hydrogen) atoms. The molecule has 0 aliphatic heterocycles. The van der Waals surface area contributed by atoms with Gasteiger partial charge in [-0.3, -0.25) is 9.78 Å². The molecular formula is C31H33F2N3O3. The lowest BCUT2D eigenvalue weighted by molar-refractivity contribution is -0.123. The average Bonchev–Trinajstić information content (AvgIpc) is 3.07. The molecule has 3 aromatic rings. The molecule has 204 valence electrons. The topological polar surface area (TPSA) is 74.7 Å². The number of nitrogens with zero attached hydrogens (tertiary/aromatic N) is 2. The van der Waals surface area contributed by atoms with E-state index in [0.29, 0.717) is 25.2 Å². The fourth-order valence-corrected chi connectivity index (χ4v) is 4.69. The first kappa shape index (κ1) is 28.0. The molecule has 1 aliphatic carbocycles. The number of phenols is 1. The highest BCUT2D eigenvalue weighted by molar-refractivity contribution is 5.99. The second kappa shape index (κ2) is 12.7. The van der Waals surface area contributed by atoms with Crippen molar-refractivity contribution in [2.75, 3.05) is 33.8 Å². The maximum absolute atomic E-state index is 15.3. The van der Waals surface area contributed by atoms with Gasteiger partial charge in [0.25, 0.3) is 0 Å². The summed E-state index contributed by atoms with van der Waals surface area (Å²) in [6, 6.07) is 11.3. The number of carbonyl (C=O) groups is 1. The van der Waals surface area contributed by atoms with Crippen molar-refractivity contribution in [2.24, 2.45) is 0 Å². The molecule has 0 fully saturated rings. The number of ether oxygens (including phenoxy) is 1. The van der Waals surface area contributed by atoms with Crippen LogP contribution in [0, 0.1) is 18.6 Å². The Morgan fingerprint density at radius 2 is 1.92 bits per heavy atom. The molecule has 2 aromatic carbocycles. The number of hydrogen-bond donors (Lipinski definition) is 2. The molecule has 1 aromatic heterocycles. The number of fused-ring (bicyclic) bond motifs is 1. The van der Waals surface area contributed by atoms with E-state index in [-0.39, 0.29) is 29.8 Å². The van der Waals surface area contributed by atoms with E-state index in [1.54, 1.807) is 38.4 Å². The van der Waals surface area contributed by atoms with Gasteiger partial charge in [-0.15, -0.1) is 0 Å². The first-order valence-corrected chi connectivity index (χ1v) is 12.9. The molecule has 0 bridgehead atoms. The Kier molecular flexibility index (Phi) is 9.09. The highest BCUT2D eigenvalue weighted by atomic mass is 19.1. The highest BCUT2D eigenvalue weighted by Gasteiger charge is 2.23. The monoisotopic (exact) mass is 533 g/mol. The number of aryl methyl sites for hydroxylation is 2. The number of halogens is 2. The minimum atomic E-state index is -0.538. The molecule has 1 aliphatic rings. The standard InChI is InChI=1S/C31H33F2N3O3/c1-20-16-22(32)9-11-24(20)26-7-4-6-21-17-23(37)10-12-25(21)31(26)28-18-27(33)29(19-35-28)39-15-14-34-13-5-8-30(38)36(2)3/h5,8-12,16-19,34,37H,4,6-7,13-15H2,1-3H3/b8-5+. The number of rotatable bonds is 9. The van der Waals surface area contributed by atoms with Crippen LogP contribution < -0.4 is 10.1 Å². The smallest absolute Gasteiger partial charge is 0.245 e. The van der Waals surface area contributed by atoms with Crippen LogP contribution in [0.25, 0.3) is 11.1 Å². The summed E-state index contributed by atoms with van der Waals surface area (Å²) in [5.41, 5.74) is 5.68. The normalized spacial score (nSPS) is 13.4. The summed E-state index contributed by atoms with van der Waals surface area (Å²) >= 11 is 0. The van der Waals surface area contributed by atoms with Crippen LogP contribution in [-0.4, -0.2) is 54.7 Å². The summed E-state index contributed by atoms with van der Waals surface area (Å²) in [5.74, 6) is -0.731. The van der Waals surface area contributed by atoms with Crippen molar-refractivity contribution < 1.29 is 23.4 Å². The van der Waals surface area contributed by atoms with Gasteiger partial charge in [0.1, 0.15) is 18.2 Å². The SMILES string of the molecule is Cc1cc(F)ccc1C1=C(c2cc(F)c(OCCNC/C=C/C(=O)N(C)C)cn2)c2ccc(O)cc2CCC1. The molecule has 0 atom stereocenters. The van der Waals surface area contributed by atoms with Crippen LogP contribution in [0.2, 0.25) is 0 Å². The zero-order chi connectivity index (χ0) is 27.9. The van der Waals surface area contributed by atoms with Gasteiger partial charge in [-0.05, 0) is 78.3 Å². The average molecular weight is 534 g/mol. The number of likely N-dealkylation sites (N-methyl/N-ethyl adjacent to an activating group) is 1. The number of allylic oxidation sites excluding steroid dienone is 1. The molecule has 0 unspecified atom stereocenters. The van der Waals surface area contributed by atoms with Gasteiger partial charge < -0.3 is 20.1 Å². The van der Waals surface area contributed by atoms with Crippen LogP contribution in [0.1, 0.15) is 40.8 Å². The summed E-state index contributed by atoms with van der Waals surface area (Å²) in [7, 11) is 3.37. The summed E-state index contributed by atoms with van der Waals surface area (Å²) < 4.78 is 34.8. The van der Waals surface area contributed by atoms with Gasteiger partial charge in [-0.25, -0.2) is 8.78 Å². The van der Waals surface area contributed by atoms with Crippen molar-refractivity contribution in [3.8, 4) is 11.5 Å². The van der Waals surface area contributed by atoms with E-state index in [1.165, 1.54) is 35.4 Å². The molecular weight excluding hydrogens is 500 g/mol. The zero-order valence-electron chi connectivity index (χ0n) is 22.4. The number of carbonyl (C=O) groups excluding carboxylic acids is 1. The maximum atomic E-state index is 15.3. The third-order valence-corrected chi connectivity index (χ3v) is 6.62. The molecule has 1 amide bonds. The number of aromatic nitrogens is 1. The van der Waals surface area contributed by atoms with Crippen molar-refractivity contribution in [2.45, 2.75) is 26.2 Å². The Labute approximate surface area is 227 Å². The van der Waals surface area contributed by atoms with E-state index in [1.807, 2.05) is 13.0 Å². The number of pyridine rings is 1. The Bertz CT molecular complexity index is 1420. The van der Waals surface area contributed by atoms with Crippen molar-refractivity contribution in [1.29, 1.82) is 0 Å². The fraction of sp³-hybridized carbons (Fsp3) is 0.290. The minimum Gasteiger partial charge on any atom is -0.508 e. The van der Waals surface area contributed by atoms with Crippen LogP contribution in [0.15, 0.2) is 60.8 Å². The number of amides is 1. The fourth-order valence-electron chi connectivity index (χ4n) is 4.69. The van der Waals surface area contributed by atoms with E-state index in [9.17, 15) is 14.3 Å². The number of hydrogen-bond acceptors (Lipinski definition) is 5. The molecule has 0 saturated carbocycles. The molecule has 1 heterocycles. The van der Waals surface area contributed by atoms with Crippen molar-refractivity contribution in [3.05, 3.63) is 100 Å². The van der Waals surface area contributed by atoms with Crippen molar-refractivity contribution >= 4 is 17.1 Å². The van der Waals surface area contributed by atoms with E-state index >= 15 is 4.39 Å². The third kappa shape index (κ3) is 6.89. The van der Waals surface area contributed by atoms with Crippen LogP contribution >= 0.6 is 0 Å². The van der Waals surface area contributed by atoms with Gasteiger partial charge in [0, 0.05) is 44.9 Å². The van der Waals surface area contributed by atoms with Crippen molar-refractivity contribution in [3.63, 3.8) is 0 Å². The van der Waals surface area contributed by atoms with E-state index in [4.69, 9.17) is 4.74 Å². The number of phenolic OH excluding ortho intramolecular Hbond substituents is 1. The van der Waals surface area contributed by atoms with Gasteiger partial charge in [0.15, 0.2) is 11.6 Å². The second-order valence-electron chi connectivity index (χ2n) is 9.70. The molecule has 6 nitrogen and oxygen atoms in total. The summed E-state index contributed by atoms with van der Waals surface area (Å²) in [6.07, 6.45) is 6.84. The zero-order valence-corrected chi connectivity index (χ0v) is 22.4. The number of aromatic hydroxyl groups is 1. The lowest BCUT2D eigenvalue weighted by atomic mass is 9.88. The number of benzene rings is 2. The molecule has 2 N–H and O–H groups in total. The molecule has 0 radical (unpaired) electrons. The van der Waals surface area contributed by atoms with Gasteiger partial charge in [-0.1, -0.05) is 18.2 Å². The quantitative estimate of drug-likeness (QED) is 0.289. The van der Waals surface area contributed by atoms with Crippen LogP contribution in [0.5, 0.6) is 11.5 Å². The molecule has 0 saturated heterocycles. The van der Waals surface area contributed by atoms with Crippen molar-refractivity contribution in [1.82, 2.24) is 15.2 Å². The molecule has 8 heteroatoms. The lowest BCUT2D eigenvalue weighted by Crippen LogP contribution is -2.22. The summed E-state index contributed by atoms with van der Waals surface area (Å²) in [6.45, 7) is 3.02. The van der Waals surface area contributed by atoms with E-state index in [2.05, 4.69) is 10.3 Å². The van der Waals surface area contributed by atoms with Crippen LogP contribution in [-0.2, 0) is 11.2 Å². The number of nitrogens with one attached hydrogen (secondary N) is 1. The first-order chi connectivity index (χ1) is 18.7. The van der Waals surface area contributed by atoms with Crippen LogP contribution in [0.3, 0.4) is 0 Å². The molecule has 4 rings (SSSR count). The van der Waals surface area contributed by atoms with Crippen LogP contribution in [0.4, 0.5) is 8.78 Å². The second-order valence-corrected chi connectivity index (χ2v) is 9.70. The molecule has 0 spiro atoms.